The van der Waals surface area contributed by atoms with Crippen molar-refractivity contribution in [2.45, 2.75) is 58.7 Å². The zero-order chi connectivity index (χ0) is 21.1. The van der Waals surface area contributed by atoms with Crippen LogP contribution < -0.4 is 21.7 Å². The molecule has 3 unspecified atom stereocenters. The Morgan fingerprint density at radius 1 is 0.889 bits per heavy atom. The number of carboxylic acid groups (broad SMARTS) is 1. The van der Waals surface area contributed by atoms with Crippen molar-refractivity contribution in [1.29, 1.82) is 0 Å². The normalized spacial score (nSPS) is 14.4. The van der Waals surface area contributed by atoms with Gasteiger partial charge in [0.15, 0.2) is 0 Å². The van der Waals surface area contributed by atoms with Crippen molar-refractivity contribution in [3.05, 3.63) is 0 Å². The predicted molar refractivity (Wildman–Crippen MR) is 105 cm³/mol. The topological polar surface area (TPSA) is 151 Å². The smallest absolute Gasteiger partial charge is 0.322 e. The van der Waals surface area contributed by atoms with E-state index in [0.717, 1.165) is 0 Å². The summed E-state index contributed by atoms with van der Waals surface area (Å²) in [7, 11) is 0. The Morgan fingerprint density at radius 2 is 1.33 bits per heavy atom. The van der Waals surface area contributed by atoms with Crippen molar-refractivity contribution < 1.29 is 24.3 Å². The molecule has 10 heteroatoms. The minimum Gasteiger partial charge on any atom is -0.480 e. The van der Waals surface area contributed by atoms with Crippen LogP contribution in [0.1, 0.15) is 40.5 Å². The van der Waals surface area contributed by atoms with Crippen LogP contribution in [-0.4, -0.2) is 59.2 Å². The monoisotopic (exact) mass is 404 g/mol. The van der Waals surface area contributed by atoms with E-state index in [0.29, 0.717) is 12.8 Å². The van der Waals surface area contributed by atoms with Gasteiger partial charge in [0, 0.05) is 5.75 Å². The van der Waals surface area contributed by atoms with E-state index in [1.807, 2.05) is 27.7 Å². The van der Waals surface area contributed by atoms with Crippen molar-refractivity contribution in [3.63, 3.8) is 0 Å². The minimum absolute atomic E-state index is 0.0848. The summed E-state index contributed by atoms with van der Waals surface area (Å²) in [6, 6.07) is -2.60. The lowest BCUT2D eigenvalue weighted by Gasteiger charge is -2.25. The van der Waals surface area contributed by atoms with Crippen LogP contribution in [0.4, 0.5) is 0 Å². The Kier molecular flexibility index (Phi) is 11.7. The summed E-state index contributed by atoms with van der Waals surface area (Å²) in [4.78, 5) is 47.6. The van der Waals surface area contributed by atoms with Gasteiger partial charge >= 0.3 is 5.97 Å². The van der Waals surface area contributed by atoms with Gasteiger partial charge in [0.25, 0.3) is 0 Å². The van der Waals surface area contributed by atoms with E-state index in [4.69, 9.17) is 10.8 Å². The lowest BCUT2D eigenvalue weighted by molar-refractivity contribution is -0.138. The fourth-order valence-electron chi connectivity index (χ4n) is 2.33. The third-order valence-electron chi connectivity index (χ3n) is 3.63. The zero-order valence-electron chi connectivity index (χ0n) is 16.3. The predicted octanol–water partition coefficient (Wildman–Crippen LogP) is -0.494. The number of hydrogen-bond donors (Lipinski definition) is 6. The number of nitrogens with two attached hydrogens (primary N) is 1. The molecule has 0 bridgehead atoms. The van der Waals surface area contributed by atoms with Crippen LogP contribution in [0.5, 0.6) is 0 Å². The number of thiol groups is 1. The second kappa shape index (κ2) is 12.6. The molecule has 0 aliphatic heterocycles. The number of hydrogen-bond acceptors (Lipinski definition) is 6. The van der Waals surface area contributed by atoms with E-state index >= 15 is 0 Å². The van der Waals surface area contributed by atoms with Crippen molar-refractivity contribution in [1.82, 2.24) is 16.0 Å². The van der Waals surface area contributed by atoms with Gasteiger partial charge in [-0.05, 0) is 24.7 Å². The summed E-state index contributed by atoms with van der Waals surface area (Å²) in [6.45, 7) is 7.02. The van der Waals surface area contributed by atoms with E-state index in [-0.39, 0.29) is 17.6 Å². The maximum Gasteiger partial charge on any atom is 0.322 e. The van der Waals surface area contributed by atoms with Gasteiger partial charge in [0.1, 0.15) is 18.6 Å². The number of nitrogens with one attached hydrogen (secondary N) is 3. The molecule has 156 valence electrons. The fourth-order valence-corrected chi connectivity index (χ4v) is 2.49. The second-order valence-corrected chi connectivity index (χ2v) is 7.65. The van der Waals surface area contributed by atoms with Gasteiger partial charge in [-0.25, -0.2) is 0 Å². The highest BCUT2D eigenvalue weighted by molar-refractivity contribution is 7.80. The SMILES string of the molecule is CC(C)CC(NC(=O)C(N)CS)C(=O)NC(CC(C)C)C(=O)NCC(=O)O. The second-order valence-electron chi connectivity index (χ2n) is 7.28. The number of carboxylic acids is 1. The molecule has 0 rings (SSSR count). The maximum atomic E-state index is 12.7. The first-order valence-electron chi connectivity index (χ1n) is 8.94. The van der Waals surface area contributed by atoms with E-state index in [1.54, 1.807) is 0 Å². The number of carbonyl (C=O) groups is 4. The van der Waals surface area contributed by atoms with E-state index in [1.165, 1.54) is 0 Å². The number of aliphatic carboxylic acids is 1. The van der Waals surface area contributed by atoms with Crippen molar-refractivity contribution in [2.24, 2.45) is 17.6 Å². The Bertz CT molecular complexity index is 527. The quantitative estimate of drug-likeness (QED) is 0.242. The highest BCUT2D eigenvalue weighted by Crippen LogP contribution is 2.09. The van der Waals surface area contributed by atoms with Gasteiger partial charge in [-0.3, -0.25) is 19.2 Å². The Labute approximate surface area is 165 Å². The molecule has 0 aromatic heterocycles. The Morgan fingerprint density at radius 3 is 1.74 bits per heavy atom. The molecule has 0 heterocycles. The molecule has 0 fully saturated rings. The molecular weight excluding hydrogens is 372 g/mol. The van der Waals surface area contributed by atoms with Crippen molar-refractivity contribution in [3.8, 4) is 0 Å². The maximum absolute atomic E-state index is 12.7. The molecule has 0 radical (unpaired) electrons. The first-order valence-corrected chi connectivity index (χ1v) is 9.57. The average Bonchev–Trinajstić information content (AvgIpc) is 2.56. The molecule has 0 saturated heterocycles. The molecule has 3 amide bonds. The number of amides is 3. The molecule has 0 aliphatic rings. The molecule has 6 N–H and O–H groups in total. The van der Waals surface area contributed by atoms with Crippen LogP contribution in [0.3, 0.4) is 0 Å². The summed E-state index contributed by atoms with van der Waals surface area (Å²) in [5, 5.41) is 16.2. The summed E-state index contributed by atoms with van der Waals surface area (Å²) < 4.78 is 0. The van der Waals surface area contributed by atoms with Gasteiger partial charge < -0.3 is 26.8 Å². The highest BCUT2D eigenvalue weighted by atomic mass is 32.1. The molecule has 0 aliphatic carbocycles. The van der Waals surface area contributed by atoms with Crippen molar-refractivity contribution >= 4 is 36.3 Å². The van der Waals surface area contributed by atoms with Gasteiger partial charge in [-0.2, -0.15) is 12.6 Å². The van der Waals surface area contributed by atoms with Crippen LogP contribution in [-0.2, 0) is 19.2 Å². The van der Waals surface area contributed by atoms with Gasteiger partial charge in [0.05, 0.1) is 6.04 Å². The first-order chi connectivity index (χ1) is 12.5. The molecular formula is C17H32N4O5S. The van der Waals surface area contributed by atoms with Crippen LogP contribution >= 0.6 is 12.6 Å². The molecule has 0 aromatic rings. The van der Waals surface area contributed by atoms with Crippen LogP contribution in [0, 0.1) is 11.8 Å². The molecule has 0 spiro atoms. The molecule has 0 aromatic carbocycles. The number of carbonyl (C=O) groups excluding carboxylic acids is 3. The van der Waals surface area contributed by atoms with Gasteiger partial charge in [-0.1, -0.05) is 27.7 Å². The summed E-state index contributed by atoms with van der Waals surface area (Å²) in [5.41, 5.74) is 5.64. The third kappa shape index (κ3) is 10.8. The van der Waals surface area contributed by atoms with Crippen LogP contribution in [0.15, 0.2) is 0 Å². The molecule has 27 heavy (non-hydrogen) atoms. The minimum atomic E-state index is -1.18. The Balaban J connectivity index is 5.18. The first kappa shape index (κ1) is 25.2. The molecule has 9 nitrogen and oxygen atoms in total. The third-order valence-corrected chi connectivity index (χ3v) is 4.02. The summed E-state index contributed by atoms with van der Waals surface area (Å²) in [5.74, 6) is -2.44. The lowest BCUT2D eigenvalue weighted by atomic mass is 10.00. The zero-order valence-corrected chi connectivity index (χ0v) is 17.2. The summed E-state index contributed by atoms with van der Waals surface area (Å²) in [6.07, 6.45) is 0.692. The largest absolute Gasteiger partial charge is 0.480 e. The van der Waals surface area contributed by atoms with Gasteiger partial charge in [-0.15, -0.1) is 0 Å². The molecule has 0 saturated carbocycles. The van der Waals surface area contributed by atoms with Crippen molar-refractivity contribution in [2.75, 3.05) is 12.3 Å². The Hall–Kier alpha value is -1.81. The average molecular weight is 405 g/mol. The summed E-state index contributed by atoms with van der Waals surface area (Å²) >= 11 is 3.97. The standard InChI is InChI=1S/C17H32N4O5S/c1-9(2)5-12(16(25)19-7-14(22)23)21-17(26)13(6-10(3)4)20-15(24)11(18)8-27/h9-13,27H,5-8,18H2,1-4H3,(H,19,25)(H,20,24)(H,21,26)(H,22,23). The van der Waals surface area contributed by atoms with Crippen LogP contribution in [0.2, 0.25) is 0 Å². The van der Waals surface area contributed by atoms with Gasteiger partial charge in [0.2, 0.25) is 17.7 Å². The van der Waals surface area contributed by atoms with Crippen LogP contribution in [0.25, 0.3) is 0 Å². The fraction of sp³-hybridized carbons (Fsp3) is 0.765. The van der Waals surface area contributed by atoms with E-state index < -0.39 is 48.4 Å². The van der Waals surface area contributed by atoms with E-state index in [9.17, 15) is 19.2 Å². The highest BCUT2D eigenvalue weighted by Gasteiger charge is 2.29. The lowest BCUT2D eigenvalue weighted by Crippen LogP contribution is -2.56. The molecule has 3 atom stereocenters. The van der Waals surface area contributed by atoms with E-state index in [2.05, 4.69) is 28.6 Å². The number of rotatable bonds is 12.